The van der Waals surface area contributed by atoms with Crippen molar-refractivity contribution in [2.24, 2.45) is 7.05 Å². The van der Waals surface area contributed by atoms with Crippen molar-refractivity contribution in [2.45, 2.75) is 13.3 Å². The van der Waals surface area contributed by atoms with Crippen molar-refractivity contribution in [3.63, 3.8) is 0 Å². The molecule has 14 heavy (non-hydrogen) atoms. The topological polar surface area (TPSA) is 17.8 Å². The van der Waals surface area contributed by atoms with Crippen LogP contribution in [0.3, 0.4) is 0 Å². The fourth-order valence-corrected chi connectivity index (χ4v) is 1.78. The largest absolute Gasteiger partial charge is 0.275 e. The maximum atomic E-state index is 13.3. The fourth-order valence-electron chi connectivity index (χ4n) is 1.59. The minimum atomic E-state index is -0.394. The van der Waals surface area contributed by atoms with Crippen LogP contribution in [-0.4, -0.2) is 9.78 Å². The highest BCUT2D eigenvalue weighted by molar-refractivity contribution is 6.35. The normalized spacial score (nSPS) is 11.1. The average Bonchev–Trinajstić information content (AvgIpc) is 2.54. The molecule has 0 saturated heterocycles. The molecule has 1 aromatic carbocycles. The molecule has 4 heteroatoms. The second kappa shape index (κ2) is 3.24. The number of aryl methyl sites for hydroxylation is 2. The van der Waals surface area contributed by atoms with Gasteiger partial charge in [0.25, 0.3) is 0 Å². The Bertz CT molecular complexity index is 490. The van der Waals surface area contributed by atoms with Gasteiger partial charge >= 0.3 is 0 Å². The van der Waals surface area contributed by atoms with Crippen LogP contribution in [0.15, 0.2) is 12.3 Å². The van der Waals surface area contributed by atoms with Crippen LogP contribution in [0.25, 0.3) is 10.9 Å². The Morgan fingerprint density at radius 3 is 2.93 bits per heavy atom. The molecule has 0 bridgehead atoms. The quantitative estimate of drug-likeness (QED) is 0.711. The van der Waals surface area contributed by atoms with E-state index in [2.05, 4.69) is 5.10 Å². The monoisotopic (exact) mass is 212 g/mol. The zero-order valence-electron chi connectivity index (χ0n) is 8.01. The van der Waals surface area contributed by atoms with E-state index in [0.717, 1.165) is 17.4 Å². The Balaban J connectivity index is 2.88. The van der Waals surface area contributed by atoms with E-state index in [-0.39, 0.29) is 5.02 Å². The van der Waals surface area contributed by atoms with Crippen LogP contribution in [0.2, 0.25) is 5.02 Å². The lowest BCUT2D eigenvalue weighted by atomic mass is 10.1. The predicted octanol–water partition coefficient (Wildman–Crippen LogP) is 2.93. The van der Waals surface area contributed by atoms with E-state index in [0.29, 0.717) is 5.52 Å². The first-order valence-corrected chi connectivity index (χ1v) is 4.81. The first-order valence-electron chi connectivity index (χ1n) is 4.43. The van der Waals surface area contributed by atoms with Gasteiger partial charge in [-0.2, -0.15) is 5.10 Å². The fraction of sp³-hybridized carbons (Fsp3) is 0.300. The van der Waals surface area contributed by atoms with Gasteiger partial charge in [-0.1, -0.05) is 18.5 Å². The van der Waals surface area contributed by atoms with Crippen molar-refractivity contribution in [3.05, 3.63) is 28.7 Å². The van der Waals surface area contributed by atoms with Crippen LogP contribution < -0.4 is 0 Å². The lowest BCUT2D eigenvalue weighted by Crippen LogP contribution is -1.87. The van der Waals surface area contributed by atoms with Gasteiger partial charge in [-0.25, -0.2) is 4.39 Å². The molecule has 0 N–H and O–H groups in total. The van der Waals surface area contributed by atoms with Gasteiger partial charge in [0.05, 0.1) is 0 Å². The lowest BCUT2D eigenvalue weighted by molar-refractivity contribution is 0.627. The summed E-state index contributed by atoms with van der Waals surface area (Å²) in [6.07, 6.45) is 2.63. The van der Waals surface area contributed by atoms with Crippen molar-refractivity contribution in [2.75, 3.05) is 0 Å². The lowest BCUT2D eigenvalue weighted by Gasteiger charge is -2.00. The molecule has 0 aliphatic heterocycles. The van der Waals surface area contributed by atoms with Gasteiger partial charge in [-0.15, -0.1) is 0 Å². The standard InChI is InChI=1S/C10H10ClFN2/c1-3-6-4-8(12)9(11)10-7(6)5-14(2)13-10/h4-5H,3H2,1-2H3. The maximum absolute atomic E-state index is 13.3. The van der Waals surface area contributed by atoms with Crippen LogP contribution in [-0.2, 0) is 13.5 Å². The van der Waals surface area contributed by atoms with E-state index < -0.39 is 5.82 Å². The van der Waals surface area contributed by atoms with Gasteiger partial charge in [0.1, 0.15) is 16.4 Å². The number of fused-ring (bicyclic) bond motifs is 1. The molecule has 2 aromatic rings. The van der Waals surface area contributed by atoms with Gasteiger partial charge < -0.3 is 0 Å². The molecule has 0 aliphatic carbocycles. The zero-order chi connectivity index (χ0) is 10.3. The third-order valence-corrected chi connectivity index (χ3v) is 2.63. The predicted molar refractivity (Wildman–Crippen MR) is 55.1 cm³/mol. The third-order valence-electron chi connectivity index (χ3n) is 2.27. The number of hydrogen-bond donors (Lipinski definition) is 0. The number of hydrogen-bond acceptors (Lipinski definition) is 1. The molecule has 2 rings (SSSR count). The van der Waals surface area contributed by atoms with Gasteiger partial charge in [0, 0.05) is 18.6 Å². The van der Waals surface area contributed by atoms with Gasteiger partial charge in [0.15, 0.2) is 0 Å². The van der Waals surface area contributed by atoms with Crippen LogP contribution in [0.5, 0.6) is 0 Å². The first-order chi connectivity index (χ1) is 6.63. The second-order valence-corrected chi connectivity index (χ2v) is 3.63. The SMILES string of the molecule is CCc1cc(F)c(Cl)c2nn(C)cc12. The Hall–Kier alpha value is -1.09. The summed E-state index contributed by atoms with van der Waals surface area (Å²) < 4.78 is 15.0. The summed E-state index contributed by atoms with van der Waals surface area (Å²) in [5.41, 5.74) is 1.49. The van der Waals surface area contributed by atoms with E-state index in [4.69, 9.17) is 11.6 Å². The van der Waals surface area contributed by atoms with E-state index in [1.54, 1.807) is 11.7 Å². The summed E-state index contributed by atoms with van der Waals surface area (Å²) in [7, 11) is 1.80. The molecule has 0 amide bonds. The van der Waals surface area contributed by atoms with E-state index >= 15 is 0 Å². The van der Waals surface area contributed by atoms with Crippen LogP contribution >= 0.6 is 11.6 Å². The van der Waals surface area contributed by atoms with E-state index in [1.807, 2.05) is 13.1 Å². The van der Waals surface area contributed by atoms with Crippen molar-refractivity contribution in [3.8, 4) is 0 Å². The number of nitrogens with zero attached hydrogens (tertiary/aromatic N) is 2. The molecule has 0 fully saturated rings. The number of rotatable bonds is 1. The smallest absolute Gasteiger partial charge is 0.144 e. The van der Waals surface area contributed by atoms with Gasteiger partial charge in [0.2, 0.25) is 0 Å². The van der Waals surface area contributed by atoms with E-state index in [9.17, 15) is 4.39 Å². The molecule has 0 aliphatic rings. The van der Waals surface area contributed by atoms with Crippen LogP contribution in [0, 0.1) is 5.82 Å². The third kappa shape index (κ3) is 1.28. The van der Waals surface area contributed by atoms with Gasteiger partial charge in [-0.3, -0.25) is 4.68 Å². The Labute approximate surface area is 86.3 Å². The minimum Gasteiger partial charge on any atom is -0.275 e. The summed E-state index contributed by atoms with van der Waals surface area (Å²) in [5, 5.41) is 5.17. The summed E-state index contributed by atoms with van der Waals surface area (Å²) in [5.74, 6) is -0.394. The number of benzene rings is 1. The highest BCUT2D eigenvalue weighted by Gasteiger charge is 2.12. The van der Waals surface area contributed by atoms with Gasteiger partial charge in [-0.05, 0) is 18.1 Å². The van der Waals surface area contributed by atoms with Crippen LogP contribution in [0.1, 0.15) is 12.5 Å². The molecular formula is C10H10ClFN2. The summed E-state index contributed by atoms with van der Waals surface area (Å²) >= 11 is 5.82. The molecule has 74 valence electrons. The molecule has 1 aromatic heterocycles. The Morgan fingerprint density at radius 2 is 2.29 bits per heavy atom. The van der Waals surface area contributed by atoms with Crippen molar-refractivity contribution < 1.29 is 4.39 Å². The summed E-state index contributed by atoms with van der Waals surface area (Å²) in [4.78, 5) is 0. The van der Waals surface area contributed by atoms with E-state index in [1.165, 1.54) is 6.07 Å². The minimum absolute atomic E-state index is 0.109. The highest BCUT2D eigenvalue weighted by atomic mass is 35.5. The molecule has 0 unspecified atom stereocenters. The highest BCUT2D eigenvalue weighted by Crippen LogP contribution is 2.28. The molecule has 0 atom stereocenters. The first kappa shape index (κ1) is 9.46. The van der Waals surface area contributed by atoms with Crippen LogP contribution in [0.4, 0.5) is 4.39 Å². The van der Waals surface area contributed by atoms with Crippen molar-refractivity contribution in [1.82, 2.24) is 9.78 Å². The molecule has 0 spiro atoms. The second-order valence-electron chi connectivity index (χ2n) is 3.25. The molecule has 1 heterocycles. The zero-order valence-corrected chi connectivity index (χ0v) is 8.77. The summed E-state index contributed by atoms with van der Waals surface area (Å²) in [6.45, 7) is 1.98. The Morgan fingerprint density at radius 1 is 1.57 bits per heavy atom. The summed E-state index contributed by atoms with van der Waals surface area (Å²) in [6, 6.07) is 1.48. The number of aromatic nitrogens is 2. The van der Waals surface area contributed by atoms with Crippen molar-refractivity contribution >= 4 is 22.5 Å². The van der Waals surface area contributed by atoms with Crippen molar-refractivity contribution in [1.29, 1.82) is 0 Å². The number of halogens is 2. The molecule has 2 nitrogen and oxygen atoms in total. The Kier molecular flexibility index (Phi) is 2.19. The molecule has 0 radical (unpaired) electrons. The average molecular weight is 213 g/mol. The maximum Gasteiger partial charge on any atom is 0.144 e. The molecule has 0 saturated carbocycles. The molecular weight excluding hydrogens is 203 g/mol.